The van der Waals surface area contributed by atoms with E-state index in [9.17, 15) is 41.0 Å². The summed E-state index contributed by atoms with van der Waals surface area (Å²) < 4.78 is 75.8. The zero-order valence-electron chi connectivity index (χ0n) is 40.5. The van der Waals surface area contributed by atoms with E-state index >= 15 is 0 Å². The maximum absolute atomic E-state index is 14.3. The van der Waals surface area contributed by atoms with Crippen LogP contribution in [0.5, 0.6) is 5.75 Å². The Morgan fingerprint density at radius 2 is 1.32 bits per heavy atom. The average molecular weight is 1060 g/mol. The topological polar surface area (TPSA) is 242 Å². The fraction of sp³-hybridized carbons (Fsp3) is 0.182. The lowest BCUT2D eigenvalue weighted by atomic mass is 10.1. The van der Waals surface area contributed by atoms with Gasteiger partial charge >= 0.3 is 6.03 Å². The van der Waals surface area contributed by atoms with Crippen molar-refractivity contribution >= 4 is 70.9 Å². The Morgan fingerprint density at radius 1 is 0.671 bits per heavy atom. The van der Waals surface area contributed by atoms with E-state index in [1.54, 1.807) is 113 Å². The standard InChI is InChI=1S/C55H49FN10O8S2/c56-43-13-21-48(67)42(32-43)35-63-23-25-64(26-24-63)53(68)38-10-18-46(19-11-38)62-76(73,74)50-33-41(31-40-4-2-22-58-51(40)50)47-20-12-37-3-1-5-49(52(37)60-47)75(71,72)61-45-16-8-39(9-17-45)54(69)65-27-29-66(30-28-65)55(70)59-44-14-6-36(34-57)7-15-44/h1-22,31-33,54,61-62,67,69H,23-30,35H2,(H,59,70). The molecule has 18 nitrogen and oxygen atoms in total. The normalized spacial score (nSPS) is 15.0. The van der Waals surface area contributed by atoms with Crippen LogP contribution in [-0.4, -0.2) is 121 Å². The van der Waals surface area contributed by atoms with Crippen LogP contribution in [0.15, 0.2) is 162 Å². The van der Waals surface area contributed by atoms with Gasteiger partial charge < -0.3 is 25.3 Å². The summed E-state index contributed by atoms with van der Waals surface area (Å²) in [6.07, 6.45) is 0.463. The molecule has 0 bridgehead atoms. The van der Waals surface area contributed by atoms with Crippen molar-refractivity contribution in [3.63, 3.8) is 0 Å². The van der Waals surface area contributed by atoms with E-state index in [1.165, 1.54) is 48.7 Å². The molecule has 0 spiro atoms. The second-order valence-electron chi connectivity index (χ2n) is 18.3. The number of halogens is 1. The van der Waals surface area contributed by atoms with Gasteiger partial charge in [-0.05, 0) is 115 Å². The van der Waals surface area contributed by atoms with Crippen molar-refractivity contribution in [2.45, 2.75) is 22.6 Å². The number of urea groups is 1. The number of pyridine rings is 2. The highest BCUT2D eigenvalue weighted by Gasteiger charge is 2.28. The summed E-state index contributed by atoms with van der Waals surface area (Å²) in [6, 6.07) is 39.2. The van der Waals surface area contributed by atoms with Crippen LogP contribution < -0.4 is 14.8 Å². The van der Waals surface area contributed by atoms with E-state index in [0.29, 0.717) is 109 Å². The van der Waals surface area contributed by atoms with E-state index in [1.807, 2.05) is 15.9 Å². The predicted octanol–water partition coefficient (Wildman–Crippen LogP) is 7.57. The van der Waals surface area contributed by atoms with Crippen molar-refractivity contribution in [2.75, 3.05) is 67.1 Å². The van der Waals surface area contributed by atoms with Crippen LogP contribution in [0.3, 0.4) is 0 Å². The molecular weight excluding hydrogens is 1010 g/mol. The quantitative estimate of drug-likeness (QED) is 0.0750. The summed E-state index contributed by atoms with van der Waals surface area (Å²) in [7, 11) is -8.60. The molecule has 21 heteroatoms. The first-order valence-electron chi connectivity index (χ1n) is 24.1. The Kier molecular flexibility index (Phi) is 14.3. The number of carbonyl (C=O) groups excluding carboxylic acids is 2. The molecule has 0 radical (unpaired) electrons. The van der Waals surface area contributed by atoms with Gasteiger partial charge in [0.05, 0.1) is 28.4 Å². The number of fused-ring (bicyclic) bond motifs is 2. The molecule has 2 fully saturated rings. The number of anilines is 3. The number of sulfonamides is 2. The number of phenols is 1. The number of carbonyl (C=O) groups is 2. The lowest BCUT2D eigenvalue weighted by molar-refractivity contribution is -0.0201. The largest absolute Gasteiger partial charge is 0.508 e. The Bertz CT molecular complexity index is 3780. The van der Waals surface area contributed by atoms with Gasteiger partial charge in [0.2, 0.25) is 0 Å². The third-order valence-corrected chi connectivity index (χ3v) is 16.2. The highest BCUT2D eigenvalue weighted by Crippen LogP contribution is 2.33. The predicted molar refractivity (Wildman–Crippen MR) is 285 cm³/mol. The van der Waals surface area contributed by atoms with Crippen LogP contribution >= 0.6 is 0 Å². The number of aliphatic hydroxyl groups excluding tert-OH is 1. The fourth-order valence-electron chi connectivity index (χ4n) is 9.26. The zero-order chi connectivity index (χ0) is 53.1. The molecule has 76 heavy (non-hydrogen) atoms. The average Bonchev–Trinajstić information content (AvgIpc) is 3.45. The van der Waals surface area contributed by atoms with Crippen molar-refractivity contribution in [1.29, 1.82) is 5.26 Å². The zero-order valence-corrected chi connectivity index (χ0v) is 42.2. The maximum atomic E-state index is 14.3. The lowest BCUT2D eigenvalue weighted by Gasteiger charge is -2.37. The number of aliphatic hydroxyl groups is 1. The van der Waals surface area contributed by atoms with Gasteiger partial charge in [-0.25, -0.2) is 31.0 Å². The van der Waals surface area contributed by atoms with Crippen LogP contribution in [0.25, 0.3) is 33.1 Å². The smallest absolute Gasteiger partial charge is 0.321 e. The van der Waals surface area contributed by atoms with Crippen molar-refractivity contribution in [3.05, 3.63) is 180 Å². The molecule has 386 valence electrons. The minimum atomic E-state index is -4.33. The number of hydrogen-bond acceptors (Lipinski definition) is 13. The van der Waals surface area contributed by atoms with Crippen LogP contribution in [0.1, 0.15) is 33.3 Å². The Balaban J connectivity index is 0.805. The first kappa shape index (κ1) is 51.0. The summed E-state index contributed by atoms with van der Waals surface area (Å²) in [5.41, 5.74) is 3.81. The van der Waals surface area contributed by atoms with Crippen LogP contribution in [0.2, 0.25) is 0 Å². The molecule has 1 atom stereocenters. The second-order valence-corrected chi connectivity index (χ2v) is 21.6. The summed E-state index contributed by atoms with van der Waals surface area (Å²) >= 11 is 0. The molecule has 0 saturated carbocycles. The number of benzene rings is 6. The minimum absolute atomic E-state index is 0.00559. The van der Waals surface area contributed by atoms with Gasteiger partial charge in [-0.2, -0.15) is 5.26 Å². The number of phenolic OH excluding ortho intramolecular Hbond substituents is 1. The molecule has 6 aromatic carbocycles. The minimum Gasteiger partial charge on any atom is -0.508 e. The summed E-state index contributed by atoms with van der Waals surface area (Å²) in [6.45, 7) is 3.62. The Labute approximate surface area is 437 Å². The number of piperazine rings is 2. The third kappa shape index (κ3) is 11.1. The van der Waals surface area contributed by atoms with E-state index in [4.69, 9.17) is 10.2 Å². The van der Waals surface area contributed by atoms with Gasteiger partial charge in [-0.1, -0.05) is 36.4 Å². The number of nitrogens with zero attached hydrogens (tertiary/aromatic N) is 7. The number of hydrogen-bond donors (Lipinski definition) is 5. The molecular formula is C55H49FN10O8S2. The van der Waals surface area contributed by atoms with E-state index in [0.717, 1.165) is 0 Å². The molecule has 3 amide bonds. The molecule has 2 aliphatic heterocycles. The second kappa shape index (κ2) is 21.4. The number of aromatic nitrogens is 2. The summed E-state index contributed by atoms with van der Waals surface area (Å²) in [5.74, 6) is -0.671. The maximum Gasteiger partial charge on any atom is 0.321 e. The number of aromatic hydroxyl groups is 1. The molecule has 1 unspecified atom stereocenters. The first-order valence-corrected chi connectivity index (χ1v) is 27.1. The molecule has 2 aromatic heterocycles. The van der Waals surface area contributed by atoms with Gasteiger partial charge in [0, 0.05) is 110 Å². The van der Waals surface area contributed by atoms with Gasteiger partial charge in [-0.3, -0.25) is 29.0 Å². The highest BCUT2D eigenvalue weighted by molar-refractivity contribution is 7.93. The molecule has 0 aliphatic carbocycles. The van der Waals surface area contributed by atoms with E-state index < -0.39 is 32.1 Å². The van der Waals surface area contributed by atoms with Gasteiger partial charge in [0.1, 0.15) is 27.6 Å². The third-order valence-electron chi connectivity index (χ3n) is 13.4. The van der Waals surface area contributed by atoms with Crippen LogP contribution in [-0.2, 0) is 26.6 Å². The summed E-state index contributed by atoms with van der Waals surface area (Å²) in [4.78, 5) is 42.4. The molecule has 2 saturated heterocycles. The first-order chi connectivity index (χ1) is 36.6. The fourth-order valence-corrected chi connectivity index (χ4v) is 11.8. The van der Waals surface area contributed by atoms with Crippen LogP contribution in [0, 0.1) is 17.1 Å². The van der Waals surface area contributed by atoms with Gasteiger partial charge in [0.25, 0.3) is 26.0 Å². The molecule has 2 aliphatic rings. The molecule has 5 N–H and O–H groups in total. The van der Waals surface area contributed by atoms with Gasteiger partial charge in [0.15, 0.2) is 0 Å². The highest BCUT2D eigenvalue weighted by atomic mass is 32.2. The van der Waals surface area contributed by atoms with Crippen molar-refractivity contribution in [1.82, 2.24) is 29.6 Å². The van der Waals surface area contributed by atoms with Crippen molar-refractivity contribution in [3.8, 4) is 23.1 Å². The number of para-hydroxylation sites is 1. The SMILES string of the molecule is N#Cc1ccc(NC(=O)N2CCN(C(O)c3ccc(NS(=O)(=O)c4cccc5ccc(-c6cc(S(=O)(=O)Nc7ccc(C(=O)N8CCN(Cc9cc(F)ccc9O)CC8)cc7)c7ncccc7c6)nc45)cc3)CC2)cc1. The van der Waals surface area contributed by atoms with Crippen LogP contribution in [0.4, 0.5) is 26.2 Å². The Hall–Kier alpha value is -8.52. The number of nitrogens with one attached hydrogen (secondary N) is 3. The van der Waals surface area contributed by atoms with E-state index in [2.05, 4.69) is 19.7 Å². The van der Waals surface area contributed by atoms with Gasteiger partial charge in [-0.15, -0.1) is 0 Å². The Morgan fingerprint density at radius 3 is 2.01 bits per heavy atom. The van der Waals surface area contributed by atoms with Crippen molar-refractivity contribution in [2.24, 2.45) is 0 Å². The summed E-state index contributed by atoms with van der Waals surface area (Å²) in [5, 5.41) is 34.3. The molecule has 4 heterocycles. The lowest BCUT2D eigenvalue weighted by Crippen LogP contribution is -2.50. The number of rotatable bonds is 13. The van der Waals surface area contributed by atoms with E-state index in [-0.39, 0.29) is 49.9 Å². The molecule has 8 aromatic rings. The molecule has 10 rings (SSSR count). The monoisotopic (exact) mass is 1060 g/mol. The van der Waals surface area contributed by atoms with Crippen molar-refractivity contribution < 1.29 is 41.0 Å². The number of nitriles is 1. The number of amides is 3.